The molecule has 10 heteroatoms. The van der Waals surface area contributed by atoms with Gasteiger partial charge in [0.1, 0.15) is 5.75 Å². The van der Waals surface area contributed by atoms with Crippen molar-refractivity contribution in [1.29, 1.82) is 0 Å². The Bertz CT molecular complexity index is 1780. The van der Waals surface area contributed by atoms with Gasteiger partial charge in [0.15, 0.2) is 0 Å². The fourth-order valence-corrected chi connectivity index (χ4v) is 8.90. The summed E-state index contributed by atoms with van der Waals surface area (Å²) in [5.74, 6) is 0.647. The van der Waals surface area contributed by atoms with Crippen LogP contribution in [0.5, 0.6) is 5.75 Å². The SMILES string of the molecule is COc1ccc2c(c1)[C@@H]1C[C@]1(C(=O)NC1CCCCN(C)C1)Cn1c-2c(C2CCCCC2)c2ccc(C(=O)NS(C)(=O)=O)cc21. The predicted octanol–water partition coefficient (Wildman–Crippen LogP) is 5.14. The third-order valence-electron chi connectivity index (χ3n) is 10.7. The second-order valence-electron chi connectivity index (χ2n) is 13.9. The summed E-state index contributed by atoms with van der Waals surface area (Å²) >= 11 is 0. The second kappa shape index (κ2) is 11.5. The van der Waals surface area contributed by atoms with E-state index in [0.29, 0.717) is 12.5 Å². The zero-order valence-corrected chi connectivity index (χ0v) is 27.3. The molecule has 9 nitrogen and oxygen atoms in total. The van der Waals surface area contributed by atoms with Gasteiger partial charge in [-0.3, -0.25) is 9.59 Å². The van der Waals surface area contributed by atoms with Gasteiger partial charge in [-0.2, -0.15) is 0 Å². The number of likely N-dealkylation sites (N-methyl/N-ethyl adjacent to an activating group) is 1. The summed E-state index contributed by atoms with van der Waals surface area (Å²) in [5, 5.41) is 4.56. The molecule has 2 N–H and O–H groups in total. The molecule has 2 aliphatic heterocycles. The predicted molar refractivity (Wildman–Crippen MR) is 175 cm³/mol. The lowest BCUT2D eigenvalue weighted by molar-refractivity contribution is -0.127. The van der Waals surface area contributed by atoms with Gasteiger partial charge in [-0.05, 0) is 93.1 Å². The highest BCUT2D eigenvalue weighted by atomic mass is 32.2. The van der Waals surface area contributed by atoms with Crippen molar-refractivity contribution in [1.82, 2.24) is 19.5 Å². The van der Waals surface area contributed by atoms with Gasteiger partial charge in [-0.25, -0.2) is 13.1 Å². The Morgan fingerprint density at radius 3 is 2.53 bits per heavy atom. The first-order chi connectivity index (χ1) is 21.6. The van der Waals surface area contributed by atoms with Crippen LogP contribution in [0.4, 0.5) is 0 Å². The molecule has 0 radical (unpaired) electrons. The van der Waals surface area contributed by atoms with Crippen molar-refractivity contribution >= 4 is 32.7 Å². The van der Waals surface area contributed by atoms with Crippen LogP contribution < -0.4 is 14.8 Å². The number of likely N-dealkylation sites (tertiary alicyclic amines) is 1. The van der Waals surface area contributed by atoms with E-state index in [0.717, 1.165) is 91.3 Å². The van der Waals surface area contributed by atoms with E-state index in [2.05, 4.69) is 38.7 Å². The number of nitrogens with one attached hydrogen (secondary N) is 2. The van der Waals surface area contributed by atoms with Gasteiger partial charge in [-0.15, -0.1) is 0 Å². The molecule has 3 heterocycles. The van der Waals surface area contributed by atoms with Crippen molar-refractivity contribution in [3.05, 3.63) is 53.1 Å². The highest BCUT2D eigenvalue weighted by molar-refractivity contribution is 7.89. The number of sulfonamides is 1. The Morgan fingerprint density at radius 2 is 1.78 bits per heavy atom. The van der Waals surface area contributed by atoms with Crippen LogP contribution in [0.2, 0.25) is 0 Å². The van der Waals surface area contributed by atoms with Crippen LogP contribution >= 0.6 is 0 Å². The van der Waals surface area contributed by atoms with Crippen LogP contribution in [0.1, 0.15) is 91.1 Å². The van der Waals surface area contributed by atoms with Crippen LogP contribution in [-0.4, -0.2) is 69.2 Å². The van der Waals surface area contributed by atoms with Crippen molar-refractivity contribution in [3.8, 4) is 17.0 Å². The summed E-state index contributed by atoms with van der Waals surface area (Å²) < 4.78 is 34.0. The maximum Gasteiger partial charge on any atom is 0.264 e. The van der Waals surface area contributed by atoms with Crippen molar-refractivity contribution in [3.63, 3.8) is 0 Å². The highest BCUT2D eigenvalue weighted by Crippen LogP contribution is 2.65. The molecule has 240 valence electrons. The molecule has 45 heavy (non-hydrogen) atoms. The van der Waals surface area contributed by atoms with E-state index in [1.807, 2.05) is 18.2 Å². The number of benzene rings is 2. The van der Waals surface area contributed by atoms with E-state index < -0.39 is 21.3 Å². The van der Waals surface area contributed by atoms with Crippen LogP contribution in [-0.2, 0) is 21.4 Å². The number of aromatic nitrogens is 1. The number of rotatable bonds is 6. The quantitative estimate of drug-likeness (QED) is 0.390. The number of hydrogen-bond donors (Lipinski definition) is 2. The minimum absolute atomic E-state index is 0.0528. The Morgan fingerprint density at radius 1 is 1.00 bits per heavy atom. The van der Waals surface area contributed by atoms with Crippen molar-refractivity contribution in [2.45, 2.75) is 82.2 Å². The number of amides is 2. The molecular weight excluding hydrogens is 588 g/mol. The van der Waals surface area contributed by atoms with Crippen LogP contribution in [0.3, 0.4) is 0 Å². The molecule has 3 aromatic rings. The summed E-state index contributed by atoms with van der Waals surface area (Å²) in [6.45, 7) is 2.39. The van der Waals surface area contributed by atoms with E-state index >= 15 is 0 Å². The third kappa shape index (κ3) is 5.54. The molecular formula is C35H44N4O5S. The molecule has 1 unspecified atom stereocenters. The van der Waals surface area contributed by atoms with Crippen molar-refractivity contribution in [2.24, 2.45) is 5.41 Å². The zero-order chi connectivity index (χ0) is 31.5. The molecule has 2 amide bonds. The van der Waals surface area contributed by atoms with E-state index in [1.165, 1.54) is 24.8 Å². The molecule has 1 aromatic heterocycles. The summed E-state index contributed by atoms with van der Waals surface area (Å²) in [4.78, 5) is 29.8. The topological polar surface area (TPSA) is 110 Å². The lowest BCUT2D eigenvalue weighted by Gasteiger charge is -2.25. The van der Waals surface area contributed by atoms with Gasteiger partial charge in [0, 0.05) is 47.1 Å². The van der Waals surface area contributed by atoms with Gasteiger partial charge in [0.25, 0.3) is 5.91 Å². The number of nitrogens with zero attached hydrogens (tertiary/aromatic N) is 2. The first-order valence-corrected chi connectivity index (χ1v) is 18.3. The first-order valence-electron chi connectivity index (χ1n) is 16.4. The van der Waals surface area contributed by atoms with E-state index in [4.69, 9.17) is 4.74 Å². The molecule has 4 aliphatic rings. The number of carbonyl (C=O) groups is 2. The van der Waals surface area contributed by atoms with Crippen LogP contribution in [0, 0.1) is 5.41 Å². The third-order valence-corrected chi connectivity index (χ3v) is 11.3. The lowest BCUT2D eigenvalue weighted by atomic mass is 9.81. The fourth-order valence-electron chi connectivity index (χ4n) is 8.45. The van der Waals surface area contributed by atoms with Gasteiger partial charge in [-0.1, -0.05) is 31.7 Å². The lowest BCUT2D eigenvalue weighted by Crippen LogP contribution is -2.45. The second-order valence-corrected chi connectivity index (χ2v) is 15.7. The average Bonchev–Trinajstić information content (AvgIpc) is 3.73. The smallest absolute Gasteiger partial charge is 0.264 e. The van der Waals surface area contributed by atoms with Crippen LogP contribution in [0.15, 0.2) is 36.4 Å². The Kier molecular flexibility index (Phi) is 7.71. The van der Waals surface area contributed by atoms with Gasteiger partial charge >= 0.3 is 0 Å². The summed E-state index contributed by atoms with van der Waals surface area (Å²) in [5.41, 5.74) is 5.23. The number of ether oxygens (including phenoxy) is 1. The minimum Gasteiger partial charge on any atom is -0.497 e. The number of methoxy groups -OCH3 is 1. The molecule has 2 aliphatic carbocycles. The minimum atomic E-state index is -3.72. The molecule has 3 atom stereocenters. The summed E-state index contributed by atoms with van der Waals surface area (Å²) in [6, 6.07) is 11.9. The standard InChI is InChI=1S/C35H44N4O5S/c1-38-16-8-7-11-24(20-38)36-34(41)35-19-29(35)28-18-25(44-2)13-15-26(28)32-31(22-9-5-4-6-10-22)27-14-12-23(17-30(27)39(32)21-35)33(40)37-45(3,42)43/h12-15,17-18,22,24,29H,4-11,16,19-21H2,1-3H3,(H,36,41)(H,37,40)/t24?,29-,35-/m0/s1. The maximum atomic E-state index is 14.4. The van der Waals surface area contributed by atoms with Crippen molar-refractivity contribution < 1.29 is 22.7 Å². The highest BCUT2D eigenvalue weighted by Gasteiger charge is 2.63. The largest absolute Gasteiger partial charge is 0.497 e. The van der Waals surface area contributed by atoms with Gasteiger partial charge in [0.05, 0.1) is 24.5 Å². The van der Waals surface area contributed by atoms with Crippen molar-refractivity contribution in [2.75, 3.05) is 33.5 Å². The fraction of sp³-hybridized carbons (Fsp3) is 0.543. The molecule has 2 saturated carbocycles. The van der Waals surface area contributed by atoms with Crippen LogP contribution in [0.25, 0.3) is 22.2 Å². The van der Waals surface area contributed by atoms with E-state index in [9.17, 15) is 18.0 Å². The molecule has 3 fully saturated rings. The number of carbonyl (C=O) groups excluding carboxylic acids is 2. The molecule has 0 spiro atoms. The zero-order valence-electron chi connectivity index (χ0n) is 26.5. The molecule has 2 aromatic carbocycles. The molecule has 7 rings (SSSR count). The maximum absolute atomic E-state index is 14.4. The monoisotopic (exact) mass is 632 g/mol. The Labute approximate surface area is 265 Å². The number of hydrogen-bond acceptors (Lipinski definition) is 6. The summed E-state index contributed by atoms with van der Waals surface area (Å²) in [6.07, 6.45) is 10.7. The average molecular weight is 633 g/mol. The Balaban J connectivity index is 1.40. The van der Waals surface area contributed by atoms with E-state index in [1.54, 1.807) is 13.2 Å². The first kappa shape index (κ1) is 30.3. The normalized spacial score (nSPS) is 25.3. The van der Waals surface area contributed by atoms with Gasteiger partial charge < -0.3 is 19.5 Å². The molecule has 0 bridgehead atoms. The number of fused-ring (bicyclic) bond motifs is 7. The van der Waals surface area contributed by atoms with Gasteiger partial charge in [0.2, 0.25) is 15.9 Å². The van der Waals surface area contributed by atoms with E-state index in [-0.39, 0.29) is 23.4 Å². The molecule has 1 saturated heterocycles. The summed E-state index contributed by atoms with van der Waals surface area (Å²) in [7, 11) is 0.0814. The Hall–Kier alpha value is -3.37.